The van der Waals surface area contributed by atoms with Gasteiger partial charge in [-0.15, -0.1) is 0 Å². The van der Waals surface area contributed by atoms with E-state index in [1.165, 1.54) is 0 Å². The Bertz CT molecular complexity index is 573. The second-order valence-corrected chi connectivity index (χ2v) is 7.54. The molecular formula is C17H21BrO4. The summed E-state index contributed by atoms with van der Waals surface area (Å²) in [5.41, 5.74) is -0.700. The molecule has 0 radical (unpaired) electrons. The highest BCUT2D eigenvalue weighted by Crippen LogP contribution is 2.44. The van der Waals surface area contributed by atoms with Crippen molar-refractivity contribution < 1.29 is 19.1 Å². The fourth-order valence-electron chi connectivity index (χ4n) is 2.66. The maximum Gasteiger partial charge on any atom is 0.313 e. The smallest absolute Gasteiger partial charge is 0.313 e. The Labute approximate surface area is 139 Å². The molecule has 22 heavy (non-hydrogen) atoms. The molecule has 4 nitrogen and oxygen atoms in total. The van der Waals surface area contributed by atoms with Crippen molar-refractivity contribution in [3.63, 3.8) is 0 Å². The second kappa shape index (κ2) is 6.03. The molecule has 0 N–H and O–H groups in total. The second-order valence-electron chi connectivity index (χ2n) is 6.63. The molecule has 1 aromatic carbocycles. The van der Waals surface area contributed by atoms with Crippen molar-refractivity contribution in [3.8, 4) is 0 Å². The van der Waals surface area contributed by atoms with E-state index >= 15 is 0 Å². The van der Waals surface area contributed by atoms with Crippen molar-refractivity contribution in [2.24, 2.45) is 5.92 Å². The monoisotopic (exact) mass is 368 g/mol. The van der Waals surface area contributed by atoms with E-state index in [0.29, 0.717) is 12.8 Å². The summed E-state index contributed by atoms with van der Waals surface area (Å²) in [5, 5.41) is 0. The predicted octanol–water partition coefficient (Wildman–Crippen LogP) is 3.96. The number of esters is 2. The Morgan fingerprint density at radius 2 is 1.91 bits per heavy atom. The fraction of sp³-hybridized carbons (Fsp3) is 0.529. The van der Waals surface area contributed by atoms with Crippen LogP contribution in [0.25, 0.3) is 0 Å². The van der Waals surface area contributed by atoms with E-state index in [1.807, 2.05) is 45.0 Å². The maximum atomic E-state index is 12.5. The van der Waals surface area contributed by atoms with Gasteiger partial charge in [0.25, 0.3) is 0 Å². The van der Waals surface area contributed by atoms with E-state index in [0.717, 1.165) is 10.0 Å². The molecule has 1 aliphatic heterocycles. The van der Waals surface area contributed by atoms with Crippen LogP contribution in [0.15, 0.2) is 28.7 Å². The molecule has 1 aromatic rings. The highest BCUT2D eigenvalue weighted by atomic mass is 79.9. The highest BCUT2D eigenvalue weighted by Gasteiger charge is 2.50. The van der Waals surface area contributed by atoms with Crippen LogP contribution in [0.1, 0.15) is 46.1 Å². The van der Waals surface area contributed by atoms with E-state index in [-0.39, 0.29) is 11.9 Å². The molecule has 1 aliphatic rings. The first-order chi connectivity index (χ1) is 10.1. The minimum atomic E-state index is -0.944. The molecule has 1 heterocycles. The number of carbonyl (C=O) groups is 2. The van der Waals surface area contributed by atoms with Crippen LogP contribution in [-0.4, -0.2) is 17.5 Å². The van der Waals surface area contributed by atoms with Crippen LogP contribution in [0.3, 0.4) is 0 Å². The molecule has 5 heteroatoms. The highest BCUT2D eigenvalue weighted by molar-refractivity contribution is 9.10. The van der Waals surface area contributed by atoms with Gasteiger partial charge in [0.15, 0.2) is 5.60 Å². The average Bonchev–Trinajstić information content (AvgIpc) is 2.80. The molecule has 120 valence electrons. The number of hydrogen-bond donors (Lipinski definition) is 0. The van der Waals surface area contributed by atoms with Crippen molar-refractivity contribution >= 4 is 27.9 Å². The summed E-state index contributed by atoms with van der Waals surface area (Å²) < 4.78 is 12.0. The number of halogens is 1. The fourth-order valence-corrected chi connectivity index (χ4v) is 2.93. The van der Waals surface area contributed by atoms with E-state index in [9.17, 15) is 9.59 Å². The minimum Gasteiger partial charge on any atom is -0.460 e. The van der Waals surface area contributed by atoms with Crippen molar-refractivity contribution in [1.82, 2.24) is 0 Å². The largest absolute Gasteiger partial charge is 0.460 e. The van der Waals surface area contributed by atoms with Crippen molar-refractivity contribution in [2.45, 2.75) is 51.7 Å². The zero-order chi connectivity index (χ0) is 16.5. The first-order valence-electron chi connectivity index (χ1n) is 7.35. The van der Waals surface area contributed by atoms with E-state index in [1.54, 1.807) is 6.92 Å². The Morgan fingerprint density at radius 1 is 1.32 bits per heavy atom. The van der Waals surface area contributed by atoms with E-state index in [2.05, 4.69) is 15.9 Å². The number of carbonyl (C=O) groups excluding carboxylic acids is 2. The molecule has 0 aromatic heterocycles. The Morgan fingerprint density at radius 3 is 2.36 bits per heavy atom. The third-order valence-corrected chi connectivity index (χ3v) is 4.32. The number of rotatable bonds is 3. The molecule has 2 rings (SSSR count). The predicted molar refractivity (Wildman–Crippen MR) is 86.2 cm³/mol. The molecule has 0 spiro atoms. The van der Waals surface area contributed by atoms with Crippen molar-refractivity contribution in [3.05, 3.63) is 34.3 Å². The molecule has 0 aliphatic carbocycles. The molecule has 1 saturated heterocycles. The lowest BCUT2D eigenvalue weighted by Gasteiger charge is -2.34. The zero-order valence-electron chi connectivity index (χ0n) is 13.3. The van der Waals surface area contributed by atoms with Gasteiger partial charge < -0.3 is 9.47 Å². The van der Waals surface area contributed by atoms with Crippen molar-refractivity contribution in [1.29, 1.82) is 0 Å². The molecule has 0 bridgehead atoms. The summed E-state index contributed by atoms with van der Waals surface area (Å²) in [6.45, 7) is 7.23. The van der Waals surface area contributed by atoms with Crippen LogP contribution in [0.4, 0.5) is 0 Å². The normalized spacial score (nSPS) is 23.0. The zero-order valence-corrected chi connectivity index (χ0v) is 14.9. The van der Waals surface area contributed by atoms with Crippen LogP contribution in [0, 0.1) is 5.92 Å². The van der Waals surface area contributed by atoms with Gasteiger partial charge in [-0.1, -0.05) is 28.1 Å². The number of ether oxygens (including phenoxy) is 2. The number of cyclic esters (lactones) is 1. The summed E-state index contributed by atoms with van der Waals surface area (Å²) >= 11 is 3.39. The summed E-state index contributed by atoms with van der Waals surface area (Å²) in [7, 11) is 0. The minimum absolute atomic E-state index is 0.279. The number of benzene rings is 1. The Kier molecular flexibility index (Phi) is 4.66. The standard InChI is InChI=1S/C17H21BrO4/c1-11(15(20)22-16(2,3)4)17(10-9-14(19)21-17)12-5-7-13(18)8-6-12/h5-8,11H,9-10H2,1-4H3/t11?,17-/m0/s1. The van der Waals surface area contributed by atoms with Gasteiger partial charge in [0, 0.05) is 17.3 Å². The van der Waals surface area contributed by atoms with Gasteiger partial charge in [-0.3, -0.25) is 9.59 Å². The first kappa shape index (κ1) is 17.0. The molecule has 0 saturated carbocycles. The van der Waals surface area contributed by atoms with Crippen LogP contribution < -0.4 is 0 Å². The maximum absolute atomic E-state index is 12.5. The first-order valence-corrected chi connectivity index (χ1v) is 8.14. The van der Waals surface area contributed by atoms with Crippen LogP contribution in [-0.2, 0) is 24.7 Å². The third kappa shape index (κ3) is 3.51. The lowest BCUT2D eigenvalue weighted by Crippen LogP contribution is -2.41. The van der Waals surface area contributed by atoms with Gasteiger partial charge >= 0.3 is 11.9 Å². The quantitative estimate of drug-likeness (QED) is 0.757. The number of hydrogen-bond acceptors (Lipinski definition) is 4. The summed E-state index contributed by atoms with van der Waals surface area (Å²) in [4.78, 5) is 24.2. The molecule has 1 unspecified atom stereocenters. The van der Waals surface area contributed by atoms with Gasteiger partial charge in [0.1, 0.15) is 5.60 Å². The van der Waals surface area contributed by atoms with Crippen LogP contribution >= 0.6 is 15.9 Å². The molecular weight excluding hydrogens is 348 g/mol. The summed E-state index contributed by atoms with van der Waals surface area (Å²) in [6, 6.07) is 7.52. The van der Waals surface area contributed by atoms with Gasteiger partial charge in [-0.2, -0.15) is 0 Å². The third-order valence-electron chi connectivity index (χ3n) is 3.79. The molecule has 0 amide bonds. The van der Waals surface area contributed by atoms with E-state index in [4.69, 9.17) is 9.47 Å². The van der Waals surface area contributed by atoms with Crippen LogP contribution in [0.5, 0.6) is 0 Å². The van der Waals surface area contributed by atoms with Gasteiger partial charge in [0.05, 0.1) is 5.92 Å². The topological polar surface area (TPSA) is 52.6 Å². The lowest BCUT2D eigenvalue weighted by molar-refractivity contribution is -0.174. The Hall–Kier alpha value is -1.36. The Balaban J connectivity index is 2.36. The molecule has 2 atom stereocenters. The van der Waals surface area contributed by atoms with Crippen LogP contribution in [0.2, 0.25) is 0 Å². The van der Waals surface area contributed by atoms with Gasteiger partial charge in [0.2, 0.25) is 0 Å². The van der Waals surface area contributed by atoms with Gasteiger partial charge in [-0.25, -0.2) is 0 Å². The molecule has 1 fully saturated rings. The lowest BCUT2D eigenvalue weighted by atomic mass is 9.80. The summed E-state index contributed by atoms with van der Waals surface area (Å²) in [5.74, 6) is -1.21. The average molecular weight is 369 g/mol. The van der Waals surface area contributed by atoms with E-state index < -0.39 is 17.1 Å². The SMILES string of the molecule is CC(C(=O)OC(C)(C)C)[C@]1(c2ccc(Br)cc2)CCC(=O)O1. The van der Waals surface area contributed by atoms with Crippen molar-refractivity contribution in [2.75, 3.05) is 0 Å². The summed E-state index contributed by atoms with van der Waals surface area (Å²) in [6.07, 6.45) is 0.789. The van der Waals surface area contributed by atoms with Gasteiger partial charge in [-0.05, 0) is 45.4 Å².